The molecule has 0 aromatic heterocycles. The summed E-state index contributed by atoms with van der Waals surface area (Å²) >= 11 is 0. The Balaban J connectivity index is 2.45. The van der Waals surface area contributed by atoms with Crippen LogP contribution in [0.1, 0.15) is 24.5 Å². The van der Waals surface area contributed by atoms with Crippen molar-refractivity contribution < 1.29 is 4.79 Å². The number of anilines is 1. The summed E-state index contributed by atoms with van der Waals surface area (Å²) in [6.07, 6.45) is 0.212. The molecular weight excluding hydrogens is 238 g/mol. The molecule has 0 spiro atoms. The highest BCUT2D eigenvalue weighted by Crippen LogP contribution is 2.29. The van der Waals surface area contributed by atoms with Gasteiger partial charge in [0, 0.05) is 18.3 Å². The lowest BCUT2D eigenvalue weighted by molar-refractivity contribution is -0.123. The Bertz CT molecular complexity index is 533. The quantitative estimate of drug-likeness (QED) is 0.880. The molecule has 1 heterocycles. The Kier molecular flexibility index (Phi) is 3.75. The van der Waals surface area contributed by atoms with Crippen LogP contribution in [0.2, 0.25) is 0 Å². The van der Waals surface area contributed by atoms with Gasteiger partial charge in [0.05, 0.1) is 12.5 Å². The maximum Gasteiger partial charge on any atom is 0.243 e. The van der Waals surface area contributed by atoms with Crippen LogP contribution in [0.3, 0.4) is 0 Å². The smallest absolute Gasteiger partial charge is 0.243 e. The van der Waals surface area contributed by atoms with Gasteiger partial charge in [-0.15, -0.1) is 0 Å². The molecule has 1 fully saturated rings. The SMILES string of the molecule is Cc1cccc(N2C(C)CNC(=O)C2CC#N)c1C. The van der Waals surface area contributed by atoms with E-state index in [1.807, 2.05) is 12.1 Å². The first-order valence-corrected chi connectivity index (χ1v) is 6.55. The minimum Gasteiger partial charge on any atom is -0.354 e. The van der Waals surface area contributed by atoms with E-state index in [0.29, 0.717) is 6.54 Å². The van der Waals surface area contributed by atoms with Gasteiger partial charge in [-0.3, -0.25) is 4.79 Å². The van der Waals surface area contributed by atoms with E-state index in [9.17, 15) is 4.79 Å². The van der Waals surface area contributed by atoms with Gasteiger partial charge < -0.3 is 10.2 Å². The third-order valence-corrected chi connectivity index (χ3v) is 3.82. The normalized spacial score (nSPS) is 22.8. The number of amides is 1. The van der Waals surface area contributed by atoms with Crippen LogP contribution in [0.5, 0.6) is 0 Å². The fraction of sp³-hybridized carbons (Fsp3) is 0.467. The number of aryl methyl sites for hydroxylation is 1. The molecule has 2 unspecified atom stereocenters. The number of nitrogens with zero attached hydrogens (tertiary/aromatic N) is 2. The molecule has 0 aliphatic carbocycles. The minimum atomic E-state index is -0.394. The Morgan fingerprint density at radius 2 is 2.21 bits per heavy atom. The van der Waals surface area contributed by atoms with Crippen molar-refractivity contribution in [1.82, 2.24) is 5.32 Å². The number of benzene rings is 1. The summed E-state index contributed by atoms with van der Waals surface area (Å²) in [5.74, 6) is -0.0550. The van der Waals surface area contributed by atoms with E-state index >= 15 is 0 Å². The summed E-state index contributed by atoms with van der Waals surface area (Å²) in [5.41, 5.74) is 3.43. The molecule has 1 saturated heterocycles. The summed E-state index contributed by atoms with van der Waals surface area (Å²) in [7, 11) is 0. The first-order chi connectivity index (χ1) is 9.06. The standard InChI is InChI=1S/C15H19N3O/c1-10-5-4-6-13(12(10)3)18-11(2)9-17-15(19)14(18)7-8-16/h4-6,11,14H,7,9H2,1-3H3,(H,17,19). The van der Waals surface area contributed by atoms with Crippen molar-refractivity contribution in [3.8, 4) is 6.07 Å². The van der Waals surface area contributed by atoms with Crippen LogP contribution in [-0.2, 0) is 4.79 Å². The van der Waals surface area contributed by atoms with Crippen molar-refractivity contribution in [2.75, 3.05) is 11.4 Å². The number of nitrogens with one attached hydrogen (secondary N) is 1. The Labute approximate surface area is 114 Å². The number of hydrogen-bond acceptors (Lipinski definition) is 3. The maximum absolute atomic E-state index is 12.0. The van der Waals surface area contributed by atoms with Gasteiger partial charge in [0.15, 0.2) is 0 Å². The first-order valence-electron chi connectivity index (χ1n) is 6.55. The van der Waals surface area contributed by atoms with Crippen molar-refractivity contribution in [3.05, 3.63) is 29.3 Å². The third kappa shape index (κ3) is 2.41. The molecule has 2 atom stereocenters. The Morgan fingerprint density at radius 3 is 2.89 bits per heavy atom. The van der Waals surface area contributed by atoms with Gasteiger partial charge in [-0.05, 0) is 38.0 Å². The van der Waals surface area contributed by atoms with Crippen molar-refractivity contribution in [3.63, 3.8) is 0 Å². The van der Waals surface area contributed by atoms with Crippen LogP contribution >= 0.6 is 0 Å². The highest BCUT2D eigenvalue weighted by molar-refractivity contribution is 5.87. The molecular formula is C15H19N3O. The van der Waals surface area contributed by atoms with E-state index in [4.69, 9.17) is 5.26 Å². The molecule has 1 aromatic carbocycles. The van der Waals surface area contributed by atoms with Crippen LogP contribution in [0, 0.1) is 25.2 Å². The number of nitriles is 1. The zero-order chi connectivity index (χ0) is 14.0. The van der Waals surface area contributed by atoms with Crippen LogP contribution in [0.4, 0.5) is 5.69 Å². The van der Waals surface area contributed by atoms with E-state index in [0.717, 1.165) is 5.69 Å². The van der Waals surface area contributed by atoms with Gasteiger partial charge in [-0.25, -0.2) is 0 Å². The van der Waals surface area contributed by atoms with Gasteiger partial charge in [0.2, 0.25) is 5.91 Å². The summed E-state index contributed by atoms with van der Waals surface area (Å²) in [5, 5.41) is 11.8. The lowest BCUT2D eigenvalue weighted by atomic mass is 10.00. The zero-order valence-electron chi connectivity index (χ0n) is 11.6. The number of piperazine rings is 1. The van der Waals surface area contributed by atoms with Gasteiger partial charge in [0.25, 0.3) is 0 Å². The van der Waals surface area contributed by atoms with Gasteiger partial charge in [-0.2, -0.15) is 5.26 Å². The van der Waals surface area contributed by atoms with Gasteiger partial charge in [0.1, 0.15) is 6.04 Å². The van der Waals surface area contributed by atoms with Gasteiger partial charge in [-0.1, -0.05) is 12.1 Å². The second kappa shape index (κ2) is 5.31. The van der Waals surface area contributed by atoms with Crippen molar-refractivity contribution in [2.45, 2.75) is 39.3 Å². The predicted octanol–water partition coefficient (Wildman–Crippen LogP) is 1.91. The van der Waals surface area contributed by atoms with E-state index < -0.39 is 6.04 Å². The lowest BCUT2D eigenvalue weighted by Crippen LogP contribution is -2.60. The molecule has 100 valence electrons. The Hall–Kier alpha value is -2.02. The molecule has 0 saturated carbocycles. The highest BCUT2D eigenvalue weighted by Gasteiger charge is 2.34. The summed E-state index contributed by atoms with van der Waals surface area (Å²) in [6.45, 7) is 6.82. The van der Waals surface area contributed by atoms with Crippen LogP contribution < -0.4 is 10.2 Å². The third-order valence-electron chi connectivity index (χ3n) is 3.82. The molecule has 1 aliphatic rings. The van der Waals surface area contributed by atoms with Crippen LogP contribution in [-0.4, -0.2) is 24.5 Å². The fourth-order valence-electron chi connectivity index (χ4n) is 2.60. The summed E-state index contributed by atoms with van der Waals surface area (Å²) < 4.78 is 0. The van der Waals surface area contributed by atoms with E-state index in [1.165, 1.54) is 11.1 Å². The van der Waals surface area contributed by atoms with E-state index in [1.54, 1.807) is 0 Å². The minimum absolute atomic E-state index is 0.0550. The maximum atomic E-state index is 12.0. The second-order valence-electron chi connectivity index (χ2n) is 5.10. The molecule has 19 heavy (non-hydrogen) atoms. The van der Waals surface area contributed by atoms with Crippen molar-refractivity contribution >= 4 is 11.6 Å². The van der Waals surface area contributed by atoms with Crippen molar-refractivity contribution in [1.29, 1.82) is 5.26 Å². The molecule has 4 nitrogen and oxygen atoms in total. The molecule has 0 bridgehead atoms. The largest absolute Gasteiger partial charge is 0.354 e. The molecule has 2 rings (SSSR count). The average Bonchev–Trinajstić information content (AvgIpc) is 2.39. The molecule has 1 aliphatic heterocycles. The van der Waals surface area contributed by atoms with E-state index in [-0.39, 0.29) is 18.4 Å². The van der Waals surface area contributed by atoms with Crippen LogP contribution in [0.25, 0.3) is 0 Å². The van der Waals surface area contributed by atoms with E-state index in [2.05, 4.69) is 43.1 Å². The number of carbonyl (C=O) groups excluding carboxylic acids is 1. The lowest BCUT2D eigenvalue weighted by Gasteiger charge is -2.41. The fourth-order valence-corrected chi connectivity index (χ4v) is 2.60. The topological polar surface area (TPSA) is 56.1 Å². The molecule has 1 N–H and O–H groups in total. The van der Waals surface area contributed by atoms with Gasteiger partial charge >= 0.3 is 0 Å². The first kappa shape index (κ1) is 13.4. The molecule has 1 aromatic rings. The number of hydrogen-bond donors (Lipinski definition) is 1. The summed E-state index contributed by atoms with van der Waals surface area (Å²) in [6, 6.07) is 8.01. The summed E-state index contributed by atoms with van der Waals surface area (Å²) in [4.78, 5) is 14.1. The van der Waals surface area contributed by atoms with Crippen LogP contribution in [0.15, 0.2) is 18.2 Å². The average molecular weight is 257 g/mol. The second-order valence-corrected chi connectivity index (χ2v) is 5.10. The molecule has 4 heteroatoms. The number of rotatable bonds is 2. The monoisotopic (exact) mass is 257 g/mol. The molecule has 1 amide bonds. The highest BCUT2D eigenvalue weighted by atomic mass is 16.2. The predicted molar refractivity (Wildman–Crippen MR) is 74.9 cm³/mol. The Morgan fingerprint density at radius 1 is 1.47 bits per heavy atom. The zero-order valence-corrected chi connectivity index (χ0v) is 11.6. The van der Waals surface area contributed by atoms with Crippen molar-refractivity contribution in [2.24, 2.45) is 0 Å². The molecule has 0 radical (unpaired) electrons. The number of carbonyl (C=O) groups is 1.